The molecule has 0 atom stereocenters. The van der Waals surface area contributed by atoms with Crippen molar-refractivity contribution in [2.24, 2.45) is 5.41 Å². The van der Waals surface area contributed by atoms with Gasteiger partial charge in [-0.3, -0.25) is 9.88 Å². The minimum absolute atomic E-state index is 0.0944. The number of rotatable bonds is 3. The lowest BCUT2D eigenvalue weighted by molar-refractivity contribution is 0.0298. The van der Waals surface area contributed by atoms with Crippen LogP contribution in [0, 0.1) is 12.3 Å². The van der Waals surface area contributed by atoms with Crippen molar-refractivity contribution in [3.63, 3.8) is 0 Å². The van der Waals surface area contributed by atoms with Gasteiger partial charge in [-0.2, -0.15) is 0 Å². The summed E-state index contributed by atoms with van der Waals surface area (Å²) in [5.74, 6) is -2.41. The second kappa shape index (κ2) is 6.45. The zero-order valence-corrected chi connectivity index (χ0v) is 13.8. The van der Waals surface area contributed by atoms with Gasteiger partial charge in [0.2, 0.25) is 0 Å². The van der Waals surface area contributed by atoms with Gasteiger partial charge in [-0.05, 0) is 56.6 Å². The van der Waals surface area contributed by atoms with E-state index in [1.807, 2.05) is 26.8 Å². The van der Waals surface area contributed by atoms with Gasteiger partial charge >= 0.3 is 0 Å². The molecular formula is C18H26F2N2. The minimum Gasteiger partial charge on any atom is -0.297 e. The maximum absolute atomic E-state index is 13.3. The van der Waals surface area contributed by atoms with Crippen LogP contribution in [-0.2, 0) is 6.54 Å². The van der Waals surface area contributed by atoms with E-state index < -0.39 is 11.3 Å². The molecule has 0 bridgehead atoms. The number of hydrogen-bond acceptors (Lipinski definition) is 2. The lowest BCUT2D eigenvalue weighted by Gasteiger charge is -2.32. The van der Waals surface area contributed by atoms with Crippen LogP contribution in [0.5, 0.6) is 0 Å². The molecule has 1 spiro atoms. The summed E-state index contributed by atoms with van der Waals surface area (Å²) in [5, 5.41) is 0. The van der Waals surface area contributed by atoms with Gasteiger partial charge in [0, 0.05) is 18.4 Å². The van der Waals surface area contributed by atoms with Crippen LogP contribution in [0.15, 0.2) is 18.7 Å². The van der Waals surface area contributed by atoms with E-state index in [0.717, 1.165) is 36.6 Å². The molecule has 4 heteroatoms. The summed E-state index contributed by atoms with van der Waals surface area (Å²) in [6.45, 7) is 12.0. The van der Waals surface area contributed by atoms with Crippen LogP contribution < -0.4 is 0 Å². The number of halogens is 2. The highest BCUT2D eigenvalue weighted by Crippen LogP contribution is 2.65. The molecule has 22 heavy (non-hydrogen) atoms. The summed E-state index contributed by atoms with van der Waals surface area (Å²) in [4.78, 5) is 6.75. The summed E-state index contributed by atoms with van der Waals surface area (Å²) in [7, 11) is 0. The molecule has 1 saturated carbocycles. The van der Waals surface area contributed by atoms with Crippen molar-refractivity contribution in [2.75, 3.05) is 13.1 Å². The van der Waals surface area contributed by atoms with E-state index in [-0.39, 0.29) is 6.42 Å². The molecule has 1 aliphatic carbocycles. The Bertz CT molecular complexity index is 532. The quantitative estimate of drug-likeness (QED) is 0.806. The van der Waals surface area contributed by atoms with Crippen molar-refractivity contribution in [3.8, 4) is 0 Å². The Balaban J connectivity index is 0.000000847. The summed E-state index contributed by atoms with van der Waals surface area (Å²) >= 11 is 0. The molecule has 122 valence electrons. The largest absolute Gasteiger partial charge is 0.297 e. The minimum atomic E-state index is -2.41. The van der Waals surface area contributed by atoms with Crippen LogP contribution in [0.2, 0.25) is 0 Å². The standard InChI is InChI=1S/C16H20F2N2.C2H6/c1-3-13-8-12(2)9-14(19-13)10-20-6-4-15(5-7-20)11-16(15,17)18;1-2/h3,8-9H,1,4-7,10-11H2,2H3;1-2H3. The molecule has 2 heterocycles. The van der Waals surface area contributed by atoms with Gasteiger partial charge in [0.15, 0.2) is 0 Å². The first-order valence-corrected chi connectivity index (χ1v) is 8.14. The van der Waals surface area contributed by atoms with Crippen molar-refractivity contribution < 1.29 is 8.78 Å². The van der Waals surface area contributed by atoms with Crippen molar-refractivity contribution in [1.82, 2.24) is 9.88 Å². The molecule has 0 amide bonds. The molecule has 3 rings (SSSR count). The topological polar surface area (TPSA) is 16.1 Å². The van der Waals surface area contributed by atoms with E-state index in [1.54, 1.807) is 6.08 Å². The van der Waals surface area contributed by atoms with Crippen LogP contribution in [0.4, 0.5) is 8.78 Å². The molecule has 1 aromatic rings. The van der Waals surface area contributed by atoms with E-state index in [1.165, 1.54) is 0 Å². The normalized spacial score (nSPS) is 21.9. The average Bonchev–Trinajstić information content (AvgIpc) is 3.03. The maximum Gasteiger partial charge on any atom is 0.254 e. The fraction of sp³-hybridized carbons (Fsp3) is 0.611. The van der Waals surface area contributed by atoms with E-state index in [4.69, 9.17) is 0 Å². The fourth-order valence-corrected chi connectivity index (χ4v) is 3.25. The molecule has 2 nitrogen and oxygen atoms in total. The van der Waals surface area contributed by atoms with E-state index in [0.29, 0.717) is 12.8 Å². The Morgan fingerprint density at radius 1 is 1.27 bits per heavy atom. The number of nitrogens with zero attached hydrogens (tertiary/aromatic N) is 2. The summed E-state index contributed by atoms with van der Waals surface area (Å²) in [5.41, 5.74) is 2.36. The van der Waals surface area contributed by atoms with Crippen LogP contribution in [-0.4, -0.2) is 28.9 Å². The first-order chi connectivity index (χ1) is 10.4. The first kappa shape index (κ1) is 17.1. The monoisotopic (exact) mass is 308 g/mol. The molecule has 0 aromatic carbocycles. The third kappa shape index (κ3) is 3.37. The van der Waals surface area contributed by atoms with Crippen LogP contribution >= 0.6 is 0 Å². The second-order valence-corrected chi connectivity index (χ2v) is 6.20. The molecule has 2 fully saturated rings. The predicted octanol–water partition coefficient (Wildman–Crippen LogP) is 4.68. The molecule has 1 aromatic heterocycles. The highest BCUT2D eigenvalue weighted by atomic mass is 19.3. The van der Waals surface area contributed by atoms with Gasteiger partial charge in [0.25, 0.3) is 5.92 Å². The molecule has 1 saturated heterocycles. The van der Waals surface area contributed by atoms with Crippen molar-refractivity contribution in [2.45, 2.75) is 52.5 Å². The number of aromatic nitrogens is 1. The Labute approximate surface area is 132 Å². The third-order valence-electron chi connectivity index (χ3n) is 4.66. The Morgan fingerprint density at radius 3 is 2.36 bits per heavy atom. The lowest BCUT2D eigenvalue weighted by atomic mass is 9.93. The maximum atomic E-state index is 13.3. The Hall–Kier alpha value is -1.29. The van der Waals surface area contributed by atoms with Crippen LogP contribution in [0.1, 0.15) is 50.1 Å². The molecule has 1 aliphatic heterocycles. The van der Waals surface area contributed by atoms with Gasteiger partial charge in [0.1, 0.15) is 0 Å². The van der Waals surface area contributed by atoms with Crippen molar-refractivity contribution in [1.29, 1.82) is 0 Å². The van der Waals surface area contributed by atoms with Crippen molar-refractivity contribution >= 4 is 6.08 Å². The zero-order chi connectivity index (χ0) is 16.4. The smallest absolute Gasteiger partial charge is 0.254 e. The van der Waals surface area contributed by atoms with Gasteiger partial charge in [0.05, 0.1) is 11.4 Å². The summed E-state index contributed by atoms with van der Waals surface area (Å²) in [6.07, 6.45) is 3.06. The average molecular weight is 308 g/mol. The number of likely N-dealkylation sites (tertiary alicyclic amines) is 1. The lowest BCUT2D eigenvalue weighted by Crippen LogP contribution is -2.36. The first-order valence-electron chi connectivity index (χ1n) is 8.14. The molecule has 0 N–H and O–H groups in total. The van der Waals surface area contributed by atoms with Crippen LogP contribution in [0.25, 0.3) is 6.08 Å². The number of alkyl halides is 2. The van der Waals surface area contributed by atoms with Gasteiger partial charge in [-0.1, -0.05) is 20.4 Å². The predicted molar refractivity (Wildman–Crippen MR) is 86.9 cm³/mol. The number of aryl methyl sites for hydroxylation is 1. The van der Waals surface area contributed by atoms with Gasteiger partial charge in [-0.15, -0.1) is 0 Å². The highest BCUT2D eigenvalue weighted by molar-refractivity contribution is 5.43. The van der Waals surface area contributed by atoms with E-state index in [2.05, 4.69) is 22.5 Å². The molecule has 0 radical (unpaired) electrons. The Kier molecular flexibility index (Phi) is 5.00. The molecular weight excluding hydrogens is 282 g/mol. The highest BCUT2D eigenvalue weighted by Gasteiger charge is 2.70. The zero-order valence-electron chi connectivity index (χ0n) is 13.8. The molecule has 2 aliphatic rings. The Morgan fingerprint density at radius 2 is 1.86 bits per heavy atom. The number of piperidine rings is 1. The SMILES string of the molecule is C=Cc1cc(C)cc(CN2CCC3(CC2)CC3(F)F)n1.CC. The van der Waals surface area contributed by atoms with Crippen molar-refractivity contribution in [3.05, 3.63) is 35.7 Å². The number of hydrogen-bond donors (Lipinski definition) is 0. The number of pyridine rings is 1. The fourth-order valence-electron chi connectivity index (χ4n) is 3.25. The second-order valence-electron chi connectivity index (χ2n) is 6.20. The van der Waals surface area contributed by atoms with Gasteiger partial charge < -0.3 is 0 Å². The van der Waals surface area contributed by atoms with E-state index in [9.17, 15) is 8.78 Å². The summed E-state index contributed by atoms with van der Waals surface area (Å²) < 4.78 is 26.7. The van der Waals surface area contributed by atoms with Crippen LogP contribution in [0.3, 0.4) is 0 Å². The molecule has 0 unspecified atom stereocenters. The third-order valence-corrected chi connectivity index (χ3v) is 4.66. The summed E-state index contributed by atoms with van der Waals surface area (Å²) in [6, 6.07) is 4.05. The van der Waals surface area contributed by atoms with E-state index >= 15 is 0 Å². The van der Waals surface area contributed by atoms with Gasteiger partial charge in [-0.25, -0.2) is 8.78 Å².